The smallest absolute Gasteiger partial charge is 0.194 e. The molecule has 1 fully saturated rings. The van der Waals surface area contributed by atoms with Gasteiger partial charge in [0.25, 0.3) is 0 Å². The number of fused-ring (bicyclic) bond motifs is 1. The summed E-state index contributed by atoms with van der Waals surface area (Å²) in [6.45, 7) is 8.84. The minimum absolute atomic E-state index is 0.291. The third-order valence-corrected chi connectivity index (χ3v) is 5.86. The maximum atomic E-state index is 8.97. The highest BCUT2D eigenvalue weighted by Crippen LogP contribution is 2.23. The standard InChI is InChI=1S/C17H28N4OS/c1-13-11-21-16(14(2)18-17(21)23-13)12-20-8-5-15(6-9-20)19(3)7-4-10-22/h11,15,22H,4-10,12H2,1-3H3. The van der Waals surface area contributed by atoms with Gasteiger partial charge in [-0.05, 0) is 40.2 Å². The average Bonchev–Trinajstić information content (AvgIpc) is 3.02. The van der Waals surface area contributed by atoms with Crippen molar-refractivity contribution in [2.45, 2.75) is 45.7 Å². The molecule has 0 saturated carbocycles. The van der Waals surface area contributed by atoms with E-state index in [0.29, 0.717) is 12.6 Å². The second-order valence-corrected chi connectivity index (χ2v) is 7.92. The van der Waals surface area contributed by atoms with Gasteiger partial charge in [-0.25, -0.2) is 4.98 Å². The van der Waals surface area contributed by atoms with Crippen molar-refractivity contribution in [3.8, 4) is 0 Å². The average molecular weight is 337 g/mol. The number of nitrogens with zero attached hydrogens (tertiary/aromatic N) is 4. The van der Waals surface area contributed by atoms with Crippen molar-refractivity contribution in [1.29, 1.82) is 0 Å². The monoisotopic (exact) mass is 336 g/mol. The van der Waals surface area contributed by atoms with Crippen LogP contribution in [0.3, 0.4) is 0 Å². The van der Waals surface area contributed by atoms with Crippen molar-refractivity contribution in [3.63, 3.8) is 0 Å². The Bertz CT molecular complexity index is 642. The van der Waals surface area contributed by atoms with Crippen LogP contribution in [-0.4, -0.2) is 63.6 Å². The molecule has 6 heteroatoms. The Morgan fingerprint density at radius 1 is 1.35 bits per heavy atom. The lowest BCUT2D eigenvalue weighted by molar-refractivity contribution is 0.116. The maximum absolute atomic E-state index is 8.97. The fourth-order valence-electron chi connectivity index (χ4n) is 3.53. The quantitative estimate of drug-likeness (QED) is 0.879. The molecule has 1 N–H and O–H groups in total. The van der Waals surface area contributed by atoms with Gasteiger partial charge in [0.05, 0.1) is 11.4 Å². The molecule has 3 rings (SSSR count). The van der Waals surface area contributed by atoms with Crippen LogP contribution in [0.1, 0.15) is 35.5 Å². The zero-order valence-electron chi connectivity index (χ0n) is 14.5. The molecule has 0 aromatic carbocycles. The topological polar surface area (TPSA) is 44.0 Å². The summed E-state index contributed by atoms with van der Waals surface area (Å²) in [4.78, 5) is 12.1. The van der Waals surface area contributed by atoms with E-state index < -0.39 is 0 Å². The van der Waals surface area contributed by atoms with Crippen molar-refractivity contribution < 1.29 is 5.11 Å². The van der Waals surface area contributed by atoms with Crippen molar-refractivity contribution in [2.24, 2.45) is 0 Å². The van der Waals surface area contributed by atoms with E-state index in [-0.39, 0.29) is 0 Å². The largest absolute Gasteiger partial charge is 0.396 e. The van der Waals surface area contributed by atoms with E-state index in [1.165, 1.54) is 29.1 Å². The van der Waals surface area contributed by atoms with Gasteiger partial charge in [0.15, 0.2) is 4.96 Å². The Labute approximate surface area is 142 Å². The number of thiazole rings is 1. The number of piperidine rings is 1. The van der Waals surface area contributed by atoms with Gasteiger partial charge in [-0.1, -0.05) is 0 Å². The molecule has 3 heterocycles. The first-order valence-electron chi connectivity index (χ1n) is 8.56. The molecular weight excluding hydrogens is 308 g/mol. The maximum Gasteiger partial charge on any atom is 0.194 e. The van der Waals surface area contributed by atoms with Gasteiger partial charge in [0.2, 0.25) is 0 Å². The predicted molar refractivity (Wildman–Crippen MR) is 95.2 cm³/mol. The fourth-order valence-corrected chi connectivity index (χ4v) is 4.42. The van der Waals surface area contributed by atoms with Crippen molar-refractivity contribution in [2.75, 3.05) is 33.3 Å². The van der Waals surface area contributed by atoms with Crippen LogP contribution in [0.2, 0.25) is 0 Å². The van der Waals surface area contributed by atoms with Gasteiger partial charge < -0.3 is 10.0 Å². The number of likely N-dealkylation sites (tertiary alicyclic amines) is 1. The number of aryl methyl sites for hydroxylation is 2. The number of rotatable bonds is 6. The third kappa shape index (κ3) is 3.76. The van der Waals surface area contributed by atoms with Crippen LogP contribution in [0, 0.1) is 13.8 Å². The van der Waals surface area contributed by atoms with Crippen LogP contribution in [0.25, 0.3) is 4.96 Å². The molecule has 0 radical (unpaired) electrons. The molecule has 0 aliphatic carbocycles. The Hall–Kier alpha value is -0.950. The lowest BCUT2D eigenvalue weighted by atomic mass is 10.0. The summed E-state index contributed by atoms with van der Waals surface area (Å²) in [6, 6.07) is 0.660. The molecule has 0 spiro atoms. The summed E-state index contributed by atoms with van der Waals surface area (Å²) < 4.78 is 2.27. The van der Waals surface area contributed by atoms with Crippen molar-refractivity contribution in [1.82, 2.24) is 19.2 Å². The highest BCUT2D eigenvalue weighted by molar-refractivity contribution is 7.17. The number of hydrogen-bond acceptors (Lipinski definition) is 5. The van der Waals surface area contributed by atoms with E-state index in [2.05, 4.69) is 41.3 Å². The third-order valence-electron chi connectivity index (χ3n) is 4.96. The number of aliphatic hydroxyl groups excluding tert-OH is 1. The molecule has 0 atom stereocenters. The molecule has 0 bridgehead atoms. The molecule has 23 heavy (non-hydrogen) atoms. The van der Waals surface area contributed by atoms with Crippen LogP contribution in [-0.2, 0) is 6.54 Å². The van der Waals surface area contributed by atoms with Crippen molar-refractivity contribution >= 4 is 16.3 Å². The predicted octanol–water partition coefficient (Wildman–Crippen LogP) is 2.29. The summed E-state index contributed by atoms with van der Waals surface area (Å²) in [6.07, 6.45) is 5.52. The Kier molecular flexibility index (Phi) is 5.36. The van der Waals surface area contributed by atoms with E-state index in [1.54, 1.807) is 11.3 Å². The first kappa shape index (κ1) is 16.9. The Balaban J connectivity index is 1.59. The molecule has 1 aliphatic heterocycles. The summed E-state index contributed by atoms with van der Waals surface area (Å²) in [5, 5.41) is 8.97. The van der Waals surface area contributed by atoms with E-state index in [0.717, 1.165) is 37.6 Å². The lowest BCUT2D eigenvalue weighted by Crippen LogP contribution is -2.43. The molecule has 5 nitrogen and oxygen atoms in total. The van der Waals surface area contributed by atoms with Gasteiger partial charge in [0, 0.05) is 49.9 Å². The summed E-state index contributed by atoms with van der Waals surface area (Å²) in [7, 11) is 2.19. The second kappa shape index (κ2) is 7.30. The van der Waals surface area contributed by atoms with Gasteiger partial charge >= 0.3 is 0 Å². The molecule has 0 unspecified atom stereocenters. The molecule has 128 valence electrons. The first-order chi connectivity index (χ1) is 11.1. The Morgan fingerprint density at radius 2 is 2.09 bits per heavy atom. The number of aliphatic hydroxyl groups is 1. The van der Waals surface area contributed by atoms with Crippen LogP contribution in [0.4, 0.5) is 0 Å². The first-order valence-corrected chi connectivity index (χ1v) is 9.37. The molecule has 1 saturated heterocycles. The van der Waals surface area contributed by atoms with Crippen LogP contribution in [0.5, 0.6) is 0 Å². The number of aromatic nitrogens is 2. The lowest BCUT2D eigenvalue weighted by Gasteiger charge is -2.36. The summed E-state index contributed by atoms with van der Waals surface area (Å²) in [5.74, 6) is 0. The van der Waals surface area contributed by atoms with Crippen molar-refractivity contribution in [3.05, 3.63) is 22.5 Å². The van der Waals surface area contributed by atoms with Gasteiger partial charge in [-0.2, -0.15) is 0 Å². The van der Waals surface area contributed by atoms with E-state index in [9.17, 15) is 0 Å². The fraction of sp³-hybridized carbons (Fsp3) is 0.706. The molecule has 1 aliphatic rings. The normalized spacial score (nSPS) is 17.6. The van der Waals surface area contributed by atoms with E-state index >= 15 is 0 Å². The van der Waals surface area contributed by atoms with Gasteiger partial charge in [-0.15, -0.1) is 11.3 Å². The Morgan fingerprint density at radius 3 is 2.78 bits per heavy atom. The van der Waals surface area contributed by atoms with Gasteiger partial charge in [-0.3, -0.25) is 9.30 Å². The zero-order valence-corrected chi connectivity index (χ0v) is 15.3. The SMILES string of the molecule is Cc1cn2c(CN3CCC(N(C)CCCO)CC3)c(C)nc2s1. The highest BCUT2D eigenvalue weighted by atomic mass is 32.1. The summed E-state index contributed by atoms with van der Waals surface area (Å²) >= 11 is 1.77. The minimum Gasteiger partial charge on any atom is -0.396 e. The zero-order chi connectivity index (χ0) is 16.4. The van der Waals surface area contributed by atoms with Crippen LogP contribution < -0.4 is 0 Å². The van der Waals surface area contributed by atoms with Crippen LogP contribution in [0.15, 0.2) is 6.20 Å². The highest BCUT2D eigenvalue weighted by Gasteiger charge is 2.23. The van der Waals surface area contributed by atoms with E-state index in [4.69, 9.17) is 10.1 Å². The summed E-state index contributed by atoms with van der Waals surface area (Å²) in [5.41, 5.74) is 2.51. The van der Waals surface area contributed by atoms with E-state index in [1.807, 2.05) is 0 Å². The number of imidazole rings is 1. The molecular formula is C17H28N4OS. The van der Waals surface area contributed by atoms with Gasteiger partial charge in [0.1, 0.15) is 0 Å². The molecule has 0 amide bonds. The molecule has 2 aromatic heterocycles. The minimum atomic E-state index is 0.291. The second-order valence-electron chi connectivity index (χ2n) is 6.70. The number of hydrogen-bond donors (Lipinski definition) is 1. The molecule has 2 aromatic rings. The van der Waals surface area contributed by atoms with Crippen LogP contribution >= 0.6 is 11.3 Å².